The molecule has 11 rings (SSSR count). The number of furan rings is 1. The van der Waals surface area contributed by atoms with Crippen molar-refractivity contribution < 1.29 is 8.83 Å². The Labute approximate surface area is 298 Å². The molecule has 0 N–H and O–H groups in total. The lowest BCUT2D eigenvalue weighted by Crippen LogP contribution is -2.10. The minimum absolute atomic E-state index is 0.585. The highest BCUT2D eigenvalue weighted by Gasteiger charge is 2.24. The molecule has 5 heteroatoms. The molecular formula is C47H29N3O2. The Morgan fingerprint density at radius 2 is 1.12 bits per heavy atom. The summed E-state index contributed by atoms with van der Waals surface area (Å²) in [5.74, 6) is 0.585. The van der Waals surface area contributed by atoms with Crippen LogP contribution in [0.2, 0.25) is 0 Å². The zero-order valence-electron chi connectivity index (χ0n) is 27.9. The molecule has 5 nitrogen and oxygen atoms in total. The van der Waals surface area contributed by atoms with Gasteiger partial charge in [-0.05, 0) is 78.2 Å². The van der Waals surface area contributed by atoms with Crippen molar-refractivity contribution in [3.8, 4) is 17.1 Å². The number of hydrogen-bond donors (Lipinski definition) is 0. The summed E-state index contributed by atoms with van der Waals surface area (Å²) in [6.45, 7) is 0. The highest BCUT2D eigenvalue weighted by atomic mass is 16.3. The van der Waals surface area contributed by atoms with Crippen LogP contribution >= 0.6 is 0 Å². The van der Waals surface area contributed by atoms with Crippen molar-refractivity contribution in [2.75, 3.05) is 4.90 Å². The third-order valence-corrected chi connectivity index (χ3v) is 10.2. The molecule has 11 aromatic rings. The number of oxazole rings is 1. The summed E-state index contributed by atoms with van der Waals surface area (Å²) in [7, 11) is 0. The summed E-state index contributed by atoms with van der Waals surface area (Å²) in [4.78, 5) is 7.42. The molecule has 0 fully saturated rings. The third kappa shape index (κ3) is 4.33. The minimum Gasteiger partial charge on any atom is -0.456 e. The molecule has 0 aliphatic rings. The van der Waals surface area contributed by atoms with Crippen LogP contribution in [-0.4, -0.2) is 9.55 Å². The van der Waals surface area contributed by atoms with Crippen LogP contribution in [0.3, 0.4) is 0 Å². The average Bonchev–Trinajstić information content (AvgIpc) is 3.91. The Kier molecular flexibility index (Phi) is 6.18. The first-order chi connectivity index (χ1) is 25.8. The summed E-state index contributed by atoms with van der Waals surface area (Å²) >= 11 is 0. The third-order valence-electron chi connectivity index (χ3n) is 10.2. The summed E-state index contributed by atoms with van der Waals surface area (Å²) in [6, 6.07) is 61.3. The summed E-state index contributed by atoms with van der Waals surface area (Å²) in [5, 5.41) is 6.64. The van der Waals surface area contributed by atoms with Gasteiger partial charge in [-0.1, -0.05) is 97.1 Å². The van der Waals surface area contributed by atoms with Gasteiger partial charge in [0.05, 0.1) is 22.4 Å². The molecular weight excluding hydrogens is 639 g/mol. The van der Waals surface area contributed by atoms with Crippen molar-refractivity contribution >= 4 is 82.7 Å². The number of anilines is 3. The fourth-order valence-electron chi connectivity index (χ4n) is 7.83. The fraction of sp³-hybridized carbons (Fsp3) is 0. The van der Waals surface area contributed by atoms with Crippen LogP contribution in [0.15, 0.2) is 185 Å². The zero-order chi connectivity index (χ0) is 34.2. The van der Waals surface area contributed by atoms with Gasteiger partial charge in [0, 0.05) is 49.9 Å². The Bertz CT molecular complexity index is 3140. The van der Waals surface area contributed by atoms with Crippen molar-refractivity contribution in [2.24, 2.45) is 0 Å². The van der Waals surface area contributed by atoms with Gasteiger partial charge in [-0.25, -0.2) is 4.98 Å². The monoisotopic (exact) mass is 667 g/mol. The van der Waals surface area contributed by atoms with Crippen molar-refractivity contribution in [2.45, 2.75) is 0 Å². The van der Waals surface area contributed by atoms with E-state index in [4.69, 9.17) is 13.8 Å². The largest absolute Gasteiger partial charge is 0.456 e. The topological polar surface area (TPSA) is 47.3 Å². The second kappa shape index (κ2) is 11.2. The molecule has 0 saturated carbocycles. The maximum absolute atomic E-state index is 6.79. The molecule has 0 saturated heterocycles. The Hall–Kier alpha value is -7.11. The number of aromatic nitrogens is 2. The van der Waals surface area contributed by atoms with Crippen molar-refractivity contribution in [1.82, 2.24) is 9.55 Å². The first-order valence-corrected chi connectivity index (χ1v) is 17.5. The van der Waals surface area contributed by atoms with E-state index in [1.54, 1.807) is 0 Å². The molecule has 0 radical (unpaired) electrons. The minimum atomic E-state index is 0.585. The van der Waals surface area contributed by atoms with Crippen LogP contribution < -0.4 is 4.90 Å². The smallest absolute Gasteiger partial charge is 0.227 e. The van der Waals surface area contributed by atoms with E-state index in [0.29, 0.717) is 11.5 Å². The van der Waals surface area contributed by atoms with Gasteiger partial charge in [0.2, 0.25) is 5.89 Å². The van der Waals surface area contributed by atoms with Gasteiger partial charge < -0.3 is 18.3 Å². The SMILES string of the molecule is c1ccc(-c2nc3c(o2)c(N(c2ccc4c(c2)oc2ccccc24)c2ccc4c(c2)c2ccccc2n4-c2ccccc2)cc2ccccc23)cc1. The lowest BCUT2D eigenvalue weighted by atomic mass is 10.0. The predicted octanol–water partition coefficient (Wildman–Crippen LogP) is 13.1. The van der Waals surface area contributed by atoms with E-state index in [0.717, 1.165) is 83.0 Å². The Morgan fingerprint density at radius 1 is 0.462 bits per heavy atom. The van der Waals surface area contributed by atoms with E-state index >= 15 is 0 Å². The molecule has 52 heavy (non-hydrogen) atoms. The molecule has 3 heterocycles. The van der Waals surface area contributed by atoms with Crippen LogP contribution in [0.5, 0.6) is 0 Å². The maximum atomic E-state index is 6.79. The number of rotatable bonds is 5. The molecule has 3 aromatic heterocycles. The van der Waals surface area contributed by atoms with Crippen LogP contribution in [0, 0.1) is 0 Å². The molecule has 8 aromatic carbocycles. The molecule has 0 spiro atoms. The van der Waals surface area contributed by atoms with Gasteiger partial charge in [-0.3, -0.25) is 0 Å². The van der Waals surface area contributed by atoms with Gasteiger partial charge in [-0.2, -0.15) is 0 Å². The number of fused-ring (bicyclic) bond motifs is 9. The van der Waals surface area contributed by atoms with E-state index in [1.165, 1.54) is 5.39 Å². The van der Waals surface area contributed by atoms with E-state index in [-0.39, 0.29) is 0 Å². The van der Waals surface area contributed by atoms with E-state index < -0.39 is 0 Å². The molecule has 0 bridgehead atoms. The van der Waals surface area contributed by atoms with Gasteiger partial charge >= 0.3 is 0 Å². The van der Waals surface area contributed by atoms with Crippen LogP contribution in [-0.2, 0) is 0 Å². The predicted molar refractivity (Wildman–Crippen MR) is 213 cm³/mol. The normalized spacial score (nSPS) is 11.8. The molecule has 0 aliphatic carbocycles. The summed E-state index contributed by atoms with van der Waals surface area (Å²) < 4.78 is 15.6. The number of nitrogens with zero attached hydrogens (tertiary/aromatic N) is 3. The van der Waals surface area contributed by atoms with Gasteiger partial charge in [0.1, 0.15) is 16.7 Å². The molecule has 0 unspecified atom stereocenters. The number of benzene rings is 8. The maximum Gasteiger partial charge on any atom is 0.227 e. The van der Waals surface area contributed by atoms with Crippen molar-refractivity contribution in [1.29, 1.82) is 0 Å². The zero-order valence-corrected chi connectivity index (χ0v) is 27.9. The lowest BCUT2D eigenvalue weighted by molar-refractivity contribution is 0.620. The van der Waals surface area contributed by atoms with Crippen LogP contribution in [0.1, 0.15) is 0 Å². The standard InChI is InChI=1S/C47H29N3O2/c1-3-13-30(14-4-1)47-48-45-35-18-8-7-15-31(35)27-42(46(45)52-47)49(34-23-25-38-37-20-10-12-22-43(37)51-44(38)29-34)33-24-26-41-39(28-33)36-19-9-11-21-40(36)50(41)32-16-5-2-6-17-32/h1-29H. The molecule has 0 amide bonds. The first-order valence-electron chi connectivity index (χ1n) is 17.5. The van der Waals surface area contributed by atoms with Crippen molar-refractivity contribution in [3.05, 3.63) is 176 Å². The molecule has 244 valence electrons. The lowest BCUT2D eigenvalue weighted by Gasteiger charge is -2.26. The Balaban J connectivity index is 1.22. The molecule has 0 atom stereocenters. The average molecular weight is 668 g/mol. The van der Waals surface area contributed by atoms with Gasteiger partial charge in [0.15, 0.2) is 5.58 Å². The molecule has 0 aliphatic heterocycles. The van der Waals surface area contributed by atoms with E-state index in [2.05, 4.69) is 143 Å². The van der Waals surface area contributed by atoms with Crippen LogP contribution in [0.4, 0.5) is 17.1 Å². The second-order valence-electron chi connectivity index (χ2n) is 13.2. The van der Waals surface area contributed by atoms with Crippen LogP contribution in [0.25, 0.3) is 82.8 Å². The highest BCUT2D eigenvalue weighted by molar-refractivity contribution is 6.14. The summed E-state index contributed by atoms with van der Waals surface area (Å²) in [5.41, 5.74) is 10.4. The summed E-state index contributed by atoms with van der Waals surface area (Å²) in [6.07, 6.45) is 0. The first kappa shape index (κ1) is 28.7. The number of para-hydroxylation sites is 3. The Morgan fingerprint density at radius 3 is 1.98 bits per heavy atom. The van der Waals surface area contributed by atoms with Gasteiger partial charge in [-0.15, -0.1) is 0 Å². The number of hydrogen-bond acceptors (Lipinski definition) is 4. The van der Waals surface area contributed by atoms with E-state index in [1.807, 2.05) is 42.5 Å². The highest BCUT2D eigenvalue weighted by Crippen LogP contribution is 2.46. The van der Waals surface area contributed by atoms with E-state index in [9.17, 15) is 0 Å². The van der Waals surface area contributed by atoms with Crippen molar-refractivity contribution in [3.63, 3.8) is 0 Å². The van der Waals surface area contributed by atoms with Gasteiger partial charge in [0.25, 0.3) is 0 Å². The fourth-order valence-corrected chi connectivity index (χ4v) is 7.83. The second-order valence-corrected chi connectivity index (χ2v) is 13.2. The quantitative estimate of drug-likeness (QED) is 0.183.